The minimum atomic E-state index is -0.208. The molecule has 2 amide bonds. The van der Waals surface area contributed by atoms with E-state index in [4.69, 9.17) is 0 Å². The Balaban J connectivity index is 1.32. The third-order valence-corrected chi connectivity index (χ3v) is 7.12. The number of nitrogens with zero attached hydrogens (tertiary/aromatic N) is 4. The van der Waals surface area contributed by atoms with Crippen LogP contribution in [0.3, 0.4) is 0 Å². The van der Waals surface area contributed by atoms with Gasteiger partial charge in [-0.05, 0) is 32.6 Å². The molecular weight excluding hydrogens is 386 g/mol. The quantitative estimate of drug-likeness (QED) is 0.825. The Morgan fingerprint density at radius 3 is 2.52 bits per heavy atom. The highest BCUT2D eigenvalue weighted by molar-refractivity contribution is 7.10. The summed E-state index contributed by atoms with van der Waals surface area (Å²) >= 11 is 1.54. The van der Waals surface area contributed by atoms with E-state index in [0.717, 1.165) is 49.5 Å². The van der Waals surface area contributed by atoms with Crippen molar-refractivity contribution in [2.75, 3.05) is 18.4 Å². The van der Waals surface area contributed by atoms with Gasteiger partial charge in [-0.2, -0.15) is 5.10 Å². The summed E-state index contributed by atoms with van der Waals surface area (Å²) in [7, 11) is 1.80. The second kappa shape index (κ2) is 8.65. The van der Waals surface area contributed by atoms with E-state index in [2.05, 4.69) is 20.3 Å². The third-order valence-electron chi connectivity index (χ3n) is 6.11. The lowest BCUT2D eigenvalue weighted by atomic mass is 9.87. The lowest BCUT2D eigenvalue weighted by Crippen LogP contribution is -2.41. The largest absolute Gasteiger partial charge is 0.342 e. The van der Waals surface area contributed by atoms with Crippen LogP contribution >= 0.6 is 11.3 Å². The maximum absolute atomic E-state index is 12.7. The zero-order valence-corrected chi connectivity index (χ0v) is 18.0. The number of hydrogen-bond acceptors (Lipinski definition) is 5. The number of piperidine rings is 1. The normalized spacial score (nSPS) is 18.8. The summed E-state index contributed by atoms with van der Waals surface area (Å²) in [5.41, 5.74) is 1.31. The van der Waals surface area contributed by atoms with E-state index in [0.29, 0.717) is 23.3 Å². The van der Waals surface area contributed by atoms with Gasteiger partial charge in [0.25, 0.3) is 5.91 Å². The average Bonchev–Trinajstić information content (AvgIpc) is 3.35. The molecule has 2 aliphatic rings. The number of carbonyl (C=O) groups is 2. The van der Waals surface area contributed by atoms with Crippen LogP contribution in [0.15, 0.2) is 11.4 Å². The van der Waals surface area contributed by atoms with Crippen molar-refractivity contribution in [2.24, 2.45) is 13.0 Å². The molecule has 4 rings (SSSR count). The van der Waals surface area contributed by atoms with Crippen LogP contribution in [0.25, 0.3) is 0 Å². The van der Waals surface area contributed by atoms with Gasteiger partial charge in [0.05, 0.1) is 10.7 Å². The summed E-state index contributed by atoms with van der Waals surface area (Å²) in [5.74, 6) is 1.38. The van der Waals surface area contributed by atoms with E-state index in [1.54, 1.807) is 23.1 Å². The fraction of sp³-hybridized carbons (Fsp3) is 0.619. The minimum Gasteiger partial charge on any atom is -0.342 e. The van der Waals surface area contributed by atoms with Crippen LogP contribution in [0.5, 0.6) is 0 Å². The molecular formula is C21H29N5O2S. The van der Waals surface area contributed by atoms with E-state index >= 15 is 0 Å². The van der Waals surface area contributed by atoms with E-state index in [1.807, 2.05) is 18.4 Å². The second-order valence-corrected chi connectivity index (χ2v) is 9.14. The molecule has 7 nitrogen and oxygen atoms in total. The number of thiazole rings is 1. The monoisotopic (exact) mass is 415 g/mol. The Kier molecular flexibility index (Phi) is 5.99. The van der Waals surface area contributed by atoms with Gasteiger partial charge in [0, 0.05) is 43.4 Å². The molecule has 0 atom stereocenters. The molecule has 2 aromatic rings. The van der Waals surface area contributed by atoms with Crippen molar-refractivity contribution in [2.45, 2.75) is 57.8 Å². The lowest BCUT2D eigenvalue weighted by Gasteiger charge is -2.34. The number of hydrogen-bond donors (Lipinski definition) is 1. The predicted molar refractivity (Wildman–Crippen MR) is 113 cm³/mol. The van der Waals surface area contributed by atoms with Crippen LogP contribution in [0.2, 0.25) is 0 Å². The molecule has 3 heterocycles. The Labute approximate surface area is 175 Å². The summed E-state index contributed by atoms with van der Waals surface area (Å²) in [5, 5.41) is 9.95. The highest BCUT2D eigenvalue weighted by Crippen LogP contribution is 2.32. The average molecular weight is 416 g/mol. The van der Waals surface area contributed by atoms with Crippen molar-refractivity contribution in [1.29, 1.82) is 0 Å². The second-order valence-electron chi connectivity index (χ2n) is 8.25. The number of likely N-dealkylation sites (tertiary alicyclic amines) is 1. The molecule has 0 unspecified atom stereocenters. The number of rotatable bonds is 4. The van der Waals surface area contributed by atoms with Crippen LogP contribution in [0, 0.1) is 12.8 Å². The van der Waals surface area contributed by atoms with Crippen molar-refractivity contribution in [3.63, 3.8) is 0 Å². The maximum Gasteiger partial charge on any atom is 0.276 e. The molecule has 156 valence electrons. The molecule has 29 heavy (non-hydrogen) atoms. The highest BCUT2D eigenvalue weighted by Gasteiger charge is 2.30. The van der Waals surface area contributed by atoms with Crippen molar-refractivity contribution < 1.29 is 9.59 Å². The van der Waals surface area contributed by atoms with E-state index in [-0.39, 0.29) is 11.8 Å². The first-order valence-electron chi connectivity index (χ1n) is 10.6. The molecule has 1 saturated carbocycles. The molecule has 2 fully saturated rings. The summed E-state index contributed by atoms with van der Waals surface area (Å²) in [6.45, 7) is 3.49. The summed E-state index contributed by atoms with van der Waals surface area (Å²) < 4.78 is 1.65. The number of carbonyl (C=O) groups excluding carboxylic acids is 2. The molecule has 1 aliphatic heterocycles. The molecule has 0 bridgehead atoms. The van der Waals surface area contributed by atoms with Crippen LogP contribution in [-0.4, -0.2) is 44.6 Å². The first kappa shape index (κ1) is 20.1. The third kappa shape index (κ3) is 4.52. The van der Waals surface area contributed by atoms with E-state index < -0.39 is 0 Å². The van der Waals surface area contributed by atoms with Crippen LogP contribution in [-0.2, 0) is 11.8 Å². The smallest absolute Gasteiger partial charge is 0.276 e. The minimum absolute atomic E-state index is 0.208. The zero-order valence-electron chi connectivity index (χ0n) is 17.2. The van der Waals surface area contributed by atoms with Gasteiger partial charge in [0.1, 0.15) is 11.5 Å². The lowest BCUT2D eigenvalue weighted by molar-refractivity contribution is -0.137. The van der Waals surface area contributed by atoms with Gasteiger partial charge in [-0.3, -0.25) is 14.3 Å². The SMILES string of the molecule is Cc1cc(NC(=O)c2csc(C3CCN(C(=O)C4CCCCC4)CC3)n2)n(C)n1. The number of amides is 2. The predicted octanol–water partition coefficient (Wildman–Crippen LogP) is 3.72. The Morgan fingerprint density at radius 1 is 1.14 bits per heavy atom. The van der Waals surface area contributed by atoms with Gasteiger partial charge in [-0.1, -0.05) is 19.3 Å². The van der Waals surface area contributed by atoms with Gasteiger partial charge in [-0.15, -0.1) is 11.3 Å². The van der Waals surface area contributed by atoms with E-state index in [9.17, 15) is 9.59 Å². The maximum atomic E-state index is 12.7. The molecule has 0 aromatic carbocycles. The molecule has 8 heteroatoms. The molecule has 0 radical (unpaired) electrons. The number of anilines is 1. The Morgan fingerprint density at radius 2 is 1.86 bits per heavy atom. The summed E-state index contributed by atoms with van der Waals surface area (Å²) in [6.07, 6.45) is 7.61. The fourth-order valence-corrected chi connectivity index (χ4v) is 5.41. The van der Waals surface area contributed by atoms with Crippen molar-refractivity contribution in [3.8, 4) is 0 Å². The van der Waals surface area contributed by atoms with Gasteiger partial charge < -0.3 is 10.2 Å². The first-order valence-corrected chi connectivity index (χ1v) is 11.5. The Hall–Kier alpha value is -2.22. The van der Waals surface area contributed by atoms with E-state index in [1.165, 1.54) is 19.3 Å². The Bertz CT molecular complexity index is 876. The topological polar surface area (TPSA) is 80.1 Å². The number of nitrogens with one attached hydrogen (secondary N) is 1. The van der Waals surface area contributed by atoms with Crippen molar-refractivity contribution >= 4 is 29.0 Å². The molecule has 1 aliphatic carbocycles. The van der Waals surface area contributed by atoms with Crippen molar-refractivity contribution in [3.05, 3.63) is 27.8 Å². The zero-order chi connectivity index (χ0) is 20.4. The standard InChI is InChI=1S/C21H29N5O2S/c1-14-12-18(25(2)24-14)23-19(27)17-13-29-20(22-17)15-8-10-26(11-9-15)21(28)16-6-4-3-5-7-16/h12-13,15-16H,3-11H2,1-2H3,(H,23,27). The molecule has 1 saturated heterocycles. The first-order chi connectivity index (χ1) is 14.0. The van der Waals surface area contributed by atoms with Crippen LogP contribution in [0.4, 0.5) is 5.82 Å². The van der Waals surface area contributed by atoms with Gasteiger partial charge >= 0.3 is 0 Å². The van der Waals surface area contributed by atoms with Crippen LogP contribution < -0.4 is 5.32 Å². The molecule has 1 N–H and O–H groups in total. The fourth-order valence-electron chi connectivity index (χ4n) is 4.44. The van der Waals surface area contributed by atoms with Gasteiger partial charge in [-0.25, -0.2) is 4.98 Å². The summed E-state index contributed by atoms with van der Waals surface area (Å²) in [4.78, 5) is 31.9. The number of aryl methyl sites for hydroxylation is 2. The highest BCUT2D eigenvalue weighted by atomic mass is 32.1. The van der Waals surface area contributed by atoms with Crippen molar-refractivity contribution in [1.82, 2.24) is 19.7 Å². The molecule has 2 aromatic heterocycles. The van der Waals surface area contributed by atoms with Gasteiger partial charge in [0.15, 0.2) is 0 Å². The van der Waals surface area contributed by atoms with Gasteiger partial charge in [0.2, 0.25) is 5.91 Å². The number of aromatic nitrogens is 3. The van der Waals surface area contributed by atoms with Crippen LogP contribution in [0.1, 0.15) is 72.1 Å². The summed E-state index contributed by atoms with van der Waals surface area (Å²) in [6, 6.07) is 1.84. The molecule has 0 spiro atoms.